The largest absolute Gasteiger partial charge is 0.381 e. The average molecular weight is 387 g/mol. The van der Waals surface area contributed by atoms with Crippen molar-refractivity contribution in [1.82, 2.24) is 4.90 Å². The van der Waals surface area contributed by atoms with Crippen LogP contribution in [0.5, 0.6) is 0 Å². The summed E-state index contributed by atoms with van der Waals surface area (Å²) in [5.74, 6) is 0.0544. The Hall–Kier alpha value is -0.850. The Morgan fingerprint density at radius 1 is 1.24 bits per heavy atom. The lowest BCUT2D eigenvalue weighted by molar-refractivity contribution is -0.143. The maximum atomic E-state index is 12.7. The van der Waals surface area contributed by atoms with E-state index in [1.165, 1.54) is 0 Å². The van der Waals surface area contributed by atoms with Gasteiger partial charge in [-0.3, -0.25) is 4.79 Å². The summed E-state index contributed by atoms with van der Waals surface area (Å²) >= 11 is 11.9. The number of rotatable bonds is 4. The molecule has 2 aliphatic heterocycles. The third-order valence-corrected chi connectivity index (χ3v) is 5.75. The van der Waals surface area contributed by atoms with Crippen molar-refractivity contribution < 1.29 is 14.3 Å². The molecule has 1 amide bonds. The van der Waals surface area contributed by atoms with Crippen molar-refractivity contribution in [1.29, 1.82) is 0 Å². The summed E-state index contributed by atoms with van der Waals surface area (Å²) in [4.78, 5) is 14.6. The van der Waals surface area contributed by atoms with Gasteiger partial charge in [-0.15, -0.1) is 0 Å². The molecule has 5 nitrogen and oxygen atoms in total. The molecule has 2 fully saturated rings. The molecule has 7 heteroatoms. The van der Waals surface area contributed by atoms with Gasteiger partial charge in [-0.25, -0.2) is 0 Å². The normalized spacial score (nSPS) is 21.3. The fourth-order valence-corrected chi connectivity index (χ4v) is 3.65. The van der Waals surface area contributed by atoms with Crippen LogP contribution in [-0.2, 0) is 20.9 Å². The molecule has 1 aromatic carbocycles. The molecule has 0 bridgehead atoms. The third kappa shape index (κ3) is 4.66. The van der Waals surface area contributed by atoms with Crippen LogP contribution in [0.2, 0.25) is 10.0 Å². The Morgan fingerprint density at radius 3 is 2.56 bits per heavy atom. The fourth-order valence-electron chi connectivity index (χ4n) is 3.33. The standard InChI is InChI=1S/C18H24Cl2N2O3/c19-15-2-1-13(11-16(15)20)12-25-14-3-7-22(8-4-14)17(23)18(21)5-9-24-10-6-18/h1-2,11,14H,3-10,12,21H2. The molecular formula is C18H24Cl2N2O3. The number of nitrogens with zero attached hydrogens (tertiary/aromatic N) is 1. The molecule has 1 aromatic rings. The summed E-state index contributed by atoms with van der Waals surface area (Å²) < 4.78 is 11.3. The Balaban J connectivity index is 1.46. The quantitative estimate of drug-likeness (QED) is 0.863. The van der Waals surface area contributed by atoms with E-state index in [0.717, 1.165) is 18.4 Å². The number of benzene rings is 1. The van der Waals surface area contributed by atoms with Gasteiger partial charge in [0.2, 0.25) is 5.91 Å². The van der Waals surface area contributed by atoms with E-state index in [2.05, 4.69) is 0 Å². The van der Waals surface area contributed by atoms with Gasteiger partial charge in [-0.05, 0) is 43.4 Å². The van der Waals surface area contributed by atoms with E-state index >= 15 is 0 Å². The number of hydrogen-bond acceptors (Lipinski definition) is 4. The van der Waals surface area contributed by atoms with E-state index in [1.807, 2.05) is 17.0 Å². The lowest BCUT2D eigenvalue weighted by Crippen LogP contribution is -2.59. The second-order valence-corrected chi connectivity index (χ2v) is 7.63. The molecule has 0 unspecified atom stereocenters. The predicted molar refractivity (Wildman–Crippen MR) is 97.8 cm³/mol. The monoisotopic (exact) mass is 386 g/mol. The molecule has 0 radical (unpaired) electrons. The third-order valence-electron chi connectivity index (χ3n) is 5.01. The molecule has 2 N–H and O–H groups in total. The molecule has 2 saturated heterocycles. The highest BCUT2D eigenvalue weighted by Crippen LogP contribution is 2.25. The Morgan fingerprint density at radius 2 is 1.92 bits per heavy atom. The number of likely N-dealkylation sites (tertiary alicyclic amines) is 1. The fraction of sp³-hybridized carbons (Fsp3) is 0.611. The number of hydrogen-bond donors (Lipinski definition) is 1. The van der Waals surface area contributed by atoms with E-state index in [4.69, 9.17) is 38.4 Å². The van der Waals surface area contributed by atoms with Gasteiger partial charge in [0, 0.05) is 26.3 Å². The van der Waals surface area contributed by atoms with Crippen LogP contribution in [-0.4, -0.2) is 48.8 Å². The average Bonchev–Trinajstić information content (AvgIpc) is 2.63. The maximum Gasteiger partial charge on any atom is 0.242 e. The Labute approximate surface area is 158 Å². The van der Waals surface area contributed by atoms with Crippen molar-refractivity contribution in [3.63, 3.8) is 0 Å². The van der Waals surface area contributed by atoms with Gasteiger partial charge in [-0.1, -0.05) is 29.3 Å². The van der Waals surface area contributed by atoms with E-state index < -0.39 is 5.54 Å². The minimum Gasteiger partial charge on any atom is -0.381 e. The van der Waals surface area contributed by atoms with Crippen LogP contribution in [0.25, 0.3) is 0 Å². The second kappa shape index (κ2) is 8.23. The maximum absolute atomic E-state index is 12.7. The number of ether oxygens (including phenoxy) is 2. The van der Waals surface area contributed by atoms with Gasteiger partial charge in [0.25, 0.3) is 0 Å². The molecule has 0 aliphatic carbocycles. The summed E-state index contributed by atoms with van der Waals surface area (Å²) in [6, 6.07) is 5.51. The first-order valence-electron chi connectivity index (χ1n) is 8.69. The molecule has 0 atom stereocenters. The van der Waals surface area contributed by atoms with E-state index in [1.54, 1.807) is 6.07 Å². The highest BCUT2D eigenvalue weighted by atomic mass is 35.5. The Bertz CT molecular complexity index is 612. The SMILES string of the molecule is NC1(C(=O)N2CCC(OCc3ccc(Cl)c(Cl)c3)CC2)CCOCC1. The van der Waals surface area contributed by atoms with E-state index in [9.17, 15) is 4.79 Å². The minimum absolute atomic E-state index is 0.0544. The lowest BCUT2D eigenvalue weighted by atomic mass is 9.89. The smallest absolute Gasteiger partial charge is 0.242 e. The molecule has 0 spiro atoms. The van der Waals surface area contributed by atoms with Crippen molar-refractivity contribution in [3.8, 4) is 0 Å². The van der Waals surface area contributed by atoms with Crippen LogP contribution >= 0.6 is 23.2 Å². The van der Waals surface area contributed by atoms with Gasteiger partial charge in [0.1, 0.15) is 0 Å². The molecule has 138 valence electrons. The van der Waals surface area contributed by atoms with Gasteiger partial charge in [-0.2, -0.15) is 0 Å². The van der Waals surface area contributed by atoms with Crippen molar-refractivity contribution in [3.05, 3.63) is 33.8 Å². The molecule has 2 aliphatic rings. The summed E-state index contributed by atoms with van der Waals surface area (Å²) in [7, 11) is 0. The zero-order valence-electron chi connectivity index (χ0n) is 14.2. The first-order valence-corrected chi connectivity index (χ1v) is 9.45. The van der Waals surface area contributed by atoms with Crippen molar-refractivity contribution >= 4 is 29.1 Å². The van der Waals surface area contributed by atoms with Crippen LogP contribution in [0.15, 0.2) is 18.2 Å². The van der Waals surface area contributed by atoms with Crippen molar-refractivity contribution in [2.45, 2.75) is 43.9 Å². The summed E-state index contributed by atoms with van der Waals surface area (Å²) in [5.41, 5.74) is 6.54. The number of amides is 1. The number of halogens is 2. The van der Waals surface area contributed by atoms with E-state index in [0.29, 0.717) is 55.8 Å². The summed E-state index contributed by atoms with van der Waals surface area (Å²) in [6.07, 6.45) is 2.97. The van der Waals surface area contributed by atoms with Crippen LogP contribution < -0.4 is 5.73 Å². The van der Waals surface area contributed by atoms with Crippen LogP contribution in [0, 0.1) is 0 Å². The minimum atomic E-state index is -0.758. The molecule has 0 saturated carbocycles. The summed E-state index contributed by atoms with van der Waals surface area (Å²) in [6.45, 7) is 2.99. The molecule has 3 rings (SSSR count). The second-order valence-electron chi connectivity index (χ2n) is 6.82. The zero-order chi connectivity index (χ0) is 17.9. The zero-order valence-corrected chi connectivity index (χ0v) is 15.7. The topological polar surface area (TPSA) is 64.8 Å². The highest BCUT2D eigenvalue weighted by molar-refractivity contribution is 6.42. The van der Waals surface area contributed by atoms with Gasteiger partial charge in [0.15, 0.2) is 0 Å². The van der Waals surface area contributed by atoms with Gasteiger partial charge < -0.3 is 20.1 Å². The summed E-state index contributed by atoms with van der Waals surface area (Å²) in [5, 5.41) is 1.08. The van der Waals surface area contributed by atoms with Gasteiger partial charge in [0.05, 0.1) is 28.3 Å². The number of carbonyl (C=O) groups excluding carboxylic acids is 1. The highest BCUT2D eigenvalue weighted by Gasteiger charge is 2.39. The number of carbonyl (C=O) groups is 1. The number of piperidine rings is 1. The molecule has 25 heavy (non-hydrogen) atoms. The van der Waals surface area contributed by atoms with Gasteiger partial charge >= 0.3 is 0 Å². The van der Waals surface area contributed by atoms with Crippen molar-refractivity contribution in [2.75, 3.05) is 26.3 Å². The number of nitrogens with two attached hydrogens (primary N) is 1. The van der Waals surface area contributed by atoms with Crippen LogP contribution in [0.1, 0.15) is 31.2 Å². The molecule has 2 heterocycles. The lowest BCUT2D eigenvalue weighted by Gasteiger charge is -2.39. The van der Waals surface area contributed by atoms with Crippen LogP contribution in [0.3, 0.4) is 0 Å². The van der Waals surface area contributed by atoms with Crippen molar-refractivity contribution in [2.24, 2.45) is 5.73 Å². The predicted octanol–water partition coefficient (Wildman–Crippen LogP) is 3.01. The Kier molecular flexibility index (Phi) is 6.23. The van der Waals surface area contributed by atoms with E-state index in [-0.39, 0.29) is 12.0 Å². The first kappa shape index (κ1) is 18.9. The first-order chi connectivity index (χ1) is 12.0. The van der Waals surface area contributed by atoms with Crippen LogP contribution in [0.4, 0.5) is 0 Å². The molecular weight excluding hydrogens is 363 g/mol. The molecule has 0 aromatic heterocycles.